The van der Waals surface area contributed by atoms with Crippen molar-refractivity contribution in [1.82, 2.24) is 0 Å². The number of hydrogen-bond donors (Lipinski definition) is 1. The molecule has 0 saturated carbocycles. The van der Waals surface area contributed by atoms with Crippen LogP contribution in [0.5, 0.6) is 0 Å². The molecule has 4 heteroatoms. The monoisotopic (exact) mass is 496 g/mol. The van der Waals surface area contributed by atoms with Crippen molar-refractivity contribution in [3.8, 4) is 0 Å². The average molecular weight is 497 g/mol. The molecule has 1 atom stereocenters. The zero-order valence-electron chi connectivity index (χ0n) is 23.6. The molecule has 0 spiro atoms. The maximum atomic E-state index is 12.4. The fraction of sp³-hybridized carbons (Fsp3) is 0.935. The van der Waals surface area contributed by atoms with E-state index in [0.717, 1.165) is 38.5 Å². The predicted octanol–water partition coefficient (Wildman–Crippen LogP) is 10.2. The van der Waals surface area contributed by atoms with Crippen molar-refractivity contribution in [3.63, 3.8) is 0 Å². The maximum absolute atomic E-state index is 12.4. The molecule has 0 amide bonds. The zero-order valence-corrected chi connectivity index (χ0v) is 23.6. The van der Waals surface area contributed by atoms with E-state index in [-0.39, 0.29) is 18.5 Å². The molecule has 1 unspecified atom stereocenters. The van der Waals surface area contributed by atoms with E-state index in [1.807, 2.05) is 0 Å². The van der Waals surface area contributed by atoms with Crippen LogP contribution in [0.1, 0.15) is 181 Å². The van der Waals surface area contributed by atoms with Gasteiger partial charge in [-0.25, -0.2) is 0 Å². The second-order valence-electron chi connectivity index (χ2n) is 10.7. The number of unbranched alkanes of at least 4 members (excludes halogenated alkanes) is 19. The molecule has 0 heterocycles. The van der Waals surface area contributed by atoms with Crippen LogP contribution >= 0.6 is 0 Å². The summed E-state index contributed by atoms with van der Waals surface area (Å²) in [5.41, 5.74) is 0. The summed E-state index contributed by atoms with van der Waals surface area (Å²) < 4.78 is 5.84. The lowest BCUT2D eigenvalue weighted by molar-refractivity contribution is -0.150. The summed E-state index contributed by atoms with van der Waals surface area (Å²) in [6.07, 6.45) is 29.6. The van der Waals surface area contributed by atoms with E-state index < -0.39 is 5.97 Å². The first-order chi connectivity index (χ1) is 17.1. The quantitative estimate of drug-likeness (QED) is 0.0864. The fourth-order valence-electron chi connectivity index (χ4n) is 4.77. The van der Waals surface area contributed by atoms with Gasteiger partial charge in [-0.1, -0.05) is 129 Å². The van der Waals surface area contributed by atoms with Crippen molar-refractivity contribution < 1.29 is 19.4 Å². The number of hydrogen-bond acceptors (Lipinski definition) is 3. The fourth-order valence-corrected chi connectivity index (χ4v) is 4.77. The van der Waals surface area contributed by atoms with Gasteiger partial charge in [0, 0.05) is 12.8 Å². The molecule has 0 aliphatic rings. The third kappa shape index (κ3) is 27.4. The first-order valence-electron chi connectivity index (χ1n) is 15.5. The SMILES string of the molecule is CCCCCCCCCCCCCC(=O)OC(CCCCCCCCCCC)CCCCC(=O)O. The highest BCUT2D eigenvalue weighted by atomic mass is 16.5. The number of carboxylic acid groups (broad SMARTS) is 1. The van der Waals surface area contributed by atoms with Crippen molar-refractivity contribution in [2.45, 2.75) is 187 Å². The number of rotatable bonds is 28. The molecule has 208 valence electrons. The standard InChI is InChI=1S/C31H60O4/c1-3-5-7-9-11-13-14-16-18-20-22-28-31(34)35-29(26-23-24-27-30(32)33)25-21-19-17-15-12-10-8-6-4-2/h29H,3-28H2,1-2H3,(H,32,33). The van der Waals surface area contributed by atoms with Gasteiger partial charge in [-0.3, -0.25) is 9.59 Å². The van der Waals surface area contributed by atoms with Gasteiger partial charge in [0.05, 0.1) is 0 Å². The average Bonchev–Trinajstić information content (AvgIpc) is 2.83. The number of carbonyl (C=O) groups excluding carboxylic acids is 1. The largest absolute Gasteiger partial charge is 0.481 e. The van der Waals surface area contributed by atoms with E-state index in [0.29, 0.717) is 12.8 Å². The summed E-state index contributed by atoms with van der Waals surface area (Å²) in [6, 6.07) is 0. The molecular weight excluding hydrogens is 436 g/mol. The van der Waals surface area contributed by atoms with Gasteiger partial charge in [0.1, 0.15) is 6.10 Å². The molecule has 4 nitrogen and oxygen atoms in total. The summed E-state index contributed by atoms with van der Waals surface area (Å²) in [4.78, 5) is 23.2. The third-order valence-corrected chi connectivity index (χ3v) is 7.08. The van der Waals surface area contributed by atoms with Crippen molar-refractivity contribution >= 4 is 11.9 Å². The van der Waals surface area contributed by atoms with Crippen LogP contribution in [0.25, 0.3) is 0 Å². The highest BCUT2D eigenvalue weighted by molar-refractivity contribution is 5.69. The minimum Gasteiger partial charge on any atom is -0.481 e. The molecule has 1 N–H and O–H groups in total. The minimum absolute atomic E-state index is 0.0337. The predicted molar refractivity (Wildman–Crippen MR) is 149 cm³/mol. The molecule has 35 heavy (non-hydrogen) atoms. The molecule has 0 aliphatic heterocycles. The lowest BCUT2D eigenvalue weighted by Gasteiger charge is -2.18. The highest BCUT2D eigenvalue weighted by Gasteiger charge is 2.14. The smallest absolute Gasteiger partial charge is 0.306 e. The number of aliphatic carboxylic acids is 1. The summed E-state index contributed by atoms with van der Waals surface area (Å²) in [5, 5.41) is 8.86. The van der Waals surface area contributed by atoms with E-state index in [4.69, 9.17) is 9.84 Å². The lowest BCUT2D eigenvalue weighted by atomic mass is 10.0. The van der Waals surface area contributed by atoms with Gasteiger partial charge in [0.2, 0.25) is 0 Å². The van der Waals surface area contributed by atoms with E-state index >= 15 is 0 Å². The number of ether oxygens (including phenoxy) is 1. The van der Waals surface area contributed by atoms with Gasteiger partial charge in [-0.15, -0.1) is 0 Å². The molecule has 0 fully saturated rings. The number of esters is 1. The zero-order chi connectivity index (χ0) is 25.8. The number of carbonyl (C=O) groups is 2. The van der Waals surface area contributed by atoms with Gasteiger partial charge < -0.3 is 9.84 Å². The van der Waals surface area contributed by atoms with E-state index in [2.05, 4.69) is 13.8 Å². The van der Waals surface area contributed by atoms with E-state index in [1.54, 1.807) is 0 Å². The van der Waals surface area contributed by atoms with Crippen LogP contribution in [0.2, 0.25) is 0 Å². The molecule has 0 bridgehead atoms. The van der Waals surface area contributed by atoms with E-state index in [1.165, 1.54) is 109 Å². The number of carboxylic acids is 1. The Bertz CT molecular complexity index is 463. The van der Waals surface area contributed by atoms with Crippen LogP contribution in [-0.4, -0.2) is 23.1 Å². The summed E-state index contributed by atoms with van der Waals surface area (Å²) in [6.45, 7) is 4.51. The van der Waals surface area contributed by atoms with Crippen molar-refractivity contribution in [2.75, 3.05) is 0 Å². The van der Waals surface area contributed by atoms with Crippen LogP contribution < -0.4 is 0 Å². The van der Waals surface area contributed by atoms with Crippen molar-refractivity contribution in [3.05, 3.63) is 0 Å². The molecule has 0 aromatic heterocycles. The van der Waals surface area contributed by atoms with Crippen LogP contribution in [0.15, 0.2) is 0 Å². The Balaban J connectivity index is 3.92. The Morgan fingerprint density at radius 1 is 0.514 bits per heavy atom. The second-order valence-corrected chi connectivity index (χ2v) is 10.7. The Morgan fingerprint density at radius 3 is 1.29 bits per heavy atom. The third-order valence-electron chi connectivity index (χ3n) is 7.08. The topological polar surface area (TPSA) is 63.6 Å². The van der Waals surface area contributed by atoms with E-state index in [9.17, 15) is 9.59 Å². The Morgan fingerprint density at radius 2 is 0.857 bits per heavy atom. The summed E-state index contributed by atoms with van der Waals surface area (Å²) in [7, 11) is 0. The van der Waals surface area contributed by atoms with Crippen LogP contribution in [0.3, 0.4) is 0 Å². The Hall–Kier alpha value is -1.06. The highest BCUT2D eigenvalue weighted by Crippen LogP contribution is 2.18. The Kier molecular flexibility index (Phi) is 26.7. The lowest BCUT2D eigenvalue weighted by Crippen LogP contribution is -2.18. The molecule has 0 aromatic rings. The normalized spacial score (nSPS) is 12.1. The first kappa shape index (κ1) is 33.9. The van der Waals surface area contributed by atoms with Crippen LogP contribution in [0, 0.1) is 0 Å². The molecular formula is C31H60O4. The molecule has 0 aromatic carbocycles. The van der Waals surface area contributed by atoms with Gasteiger partial charge in [-0.2, -0.15) is 0 Å². The van der Waals surface area contributed by atoms with Crippen molar-refractivity contribution in [1.29, 1.82) is 0 Å². The molecule has 0 saturated heterocycles. The minimum atomic E-state index is -0.742. The molecule has 0 radical (unpaired) electrons. The summed E-state index contributed by atoms with van der Waals surface area (Å²) in [5.74, 6) is -0.797. The Labute approximate surface area is 218 Å². The maximum Gasteiger partial charge on any atom is 0.306 e. The van der Waals surface area contributed by atoms with Gasteiger partial charge in [0.15, 0.2) is 0 Å². The van der Waals surface area contributed by atoms with Gasteiger partial charge in [0.25, 0.3) is 0 Å². The van der Waals surface area contributed by atoms with Gasteiger partial charge >= 0.3 is 11.9 Å². The molecule has 0 aliphatic carbocycles. The van der Waals surface area contributed by atoms with Crippen molar-refractivity contribution in [2.24, 2.45) is 0 Å². The first-order valence-corrected chi connectivity index (χ1v) is 15.5. The molecule has 0 rings (SSSR count). The second kappa shape index (κ2) is 27.5. The van der Waals surface area contributed by atoms with Crippen LogP contribution in [-0.2, 0) is 14.3 Å². The van der Waals surface area contributed by atoms with Crippen LogP contribution in [0.4, 0.5) is 0 Å². The summed E-state index contributed by atoms with van der Waals surface area (Å²) >= 11 is 0. The van der Waals surface area contributed by atoms with Gasteiger partial charge in [-0.05, 0) is 38.5 Å².